The summed E-state index contributed by atoms with van der Waals surface area (Å²) in [5, 5.41) is 8.88. The number of aliphatic hydroxyl groups is 1. The van der Waals surface area contributed by atoms with Gasteiger partial charge in [0, 0.05) is 18.3 Å². The van der Waals surface area contributed by atoms with Crippen LogP contribution in [0.25, 0.3) is 0 Å². The van der Waals surface area contributed by atoms with E-state index in [0.29, 0.717) is 17.7 Å². The Bertz CT molecular complexity index is 454. The largest absolute Gasteiger partial charge is 0.392 e. The molecule has 0 aliphatic carbocycles. The van der Waals surface area contributed by atoms with Gasteiger partial charge in [0.2, 0.25) is 0 Å². The molecule has 0 aromatic rings. The summed E-state index contributed by atoms with van der Waals surface area (Å²) in [4.78, 5) is 4.19. The Morgan fingerprint density at radius 3 is 2.04 bits per heavy atom. The summed E-state index contributed by atoms with van der Waals surface area (Å²) in [5.74, 6) is -0.418. The molecular formula is C20H32FNO. The Balaban J connectivity index is -0.000000919. The second kappa shape index (κ2) is 20.0. The average molecular weight is 321 g/mol. The zero-order valence-electron chi connectivity index (χ0n) is 15.3. The molecule has 0 unspecified atom stereocenters. The molecule has 2 nitrogen and oxygen atoms in total. The Morgan fingerprint density at radius 2 is 1.65 bits per heavy atom. The molecule has 0 aromatic carbocycles. The van der Waals surface area contributed by atoms with Crippen molar-refractivity contribution in [2.75, 3.05) is 6.61 Å². The summed E-state index contributed by atoms with van der Waals surface area (Å²) in [6, 6.07) is 0. The number of rotatable bonds is 8. The number of allylic oxidation sites excluding steroid dienone is 7. The molecule has 23 heavy (non-hydrogen) atoms. The summed E-state index contributed by atoms with van der Waals surface area (Å²) in [7, 11) is 0. The molecule has 1 N–H and O–H groups in total. The molecule has 0 aromatic heterocycles. The lowest BCUT2D eigenvalue weighted by Gasteiger charge is -2.02. The average Bonchev–Trinajstić information content (AvgIpc) is 2.61. The molecule has 0 fully saturated rings. The third kappa shape index (κ3) is 16.2. The van der Waals surface area contributed by atoms with Crippen LogP contribution in [0.3, 0.4) is 0 Å². The normalized spacial score (nSPS) is 12.3. The van der Waals surface area contributed by atoms with Crippen LogP contribution in [-0.2, 0) is 0 Å². The topological polar surface area (TPSA) is 32.6 Å². The maximum absolute atomic E-state index is 13.2. The fourth-order valence-electron chi connectivity index (χ4n) is 1.16. The summed E-state index contributed by atoms with van der Waals surface area (Å²) in [6.07, 6.45) is 9.37. The van der Waals surface area contributed by atoms with Crippen LogP contribution >= 0.6 is 0 Å². The summed E-state index contributed by atoms with van der Waals surface area (Å²) < 4.78 is 13.2. The quantitative estimate of drug-likeness (QED) is 0.425. The first-order chi connectivity index (χ1) is 11.1. The molecule has 0 spiro atoms. The molecule has 0 saturated carbocycles. The van der Waals surface area contributed by atoms with Crippen molar-refractivity contribution >= 4 is 5.71 Å². The Morgan fingerprint density at radius 1 is 1.09 bits per heavy atom. The lowest BCUT2D eigenvalue weighted by molar-refractivity contribution is 0.331. The van der Waals surface area contributed by atoms with Gasteiger partial charge < -0.3 is 5.11 Å². The minimum atomic E-state index is -0.418. The van der Waals surface area contributed by atoms with Crippen LogP contribution in [0.4, 0.5) is 4.39 Å². The van der Waals surface area contributed by atoms with E-state index in [1.165, 1.54) is 6.08 Å². The molecule has 0 atom stereocenters. The van der Waals surface area contributed by atoms with Crippen LogP contribution in [-0.4, -0.2) is 17.4 Å². The zero-order valence-corrected chi connectivity index (χ0v) is 15.3. The van der Waals surface area contributed by atoms with E-state index >= 15 is 0 Å². The van der Waals surface area contributed by atoms with Crippen LogP contribution < -0.4 is 0 Å². The number of halogens is 1. The van der Waals surface area contributed by atoms with Gasteiger partial charge in [-0.1, -0.05) is 59.6 Å². The van der Waals surface area contributed by atoms with Crippen LogP contribution in [0, 0.1) is 0 Å². The smallest absolute Gasteiger partial charge is 0.122 e. The van der Waals surface area contributed by atoms with E-state index in [1.807, 2.05) is 27.7 Å². The minimum Gasteiger partial charge on any atom is -0.392 e. The van der Waals surface area contributed by atoms with Crippen LogP contribution in [0.5, 0.6) is 0 Å². The van der Waals surface area contributed by atoms with Crippen molar-refractivity contribution in [2.45, 2.75) is 41.0 Å². The van der Waals surface area contributed by atoms with Gasteiger partial charge in [0.25, 0.3) is 0 Å². The fourth-order valence-corrected chi connectivity index (χ4v) is 1.16. The molecule has 130 valence electrons. The van der Waals surface area contributed by atoms with Crippen LogP contribution in [0.1, 0.15) is 41.0 Å². The molecule has 3 heteroatoms. The van der Waals surface area contributed by atoms with Gasteiger partial charge in [-0.15, -0.1) is 0 Å². The molecule has 0 radical (unpaired) electrons. The summed E-state index contributed by atoms with van der Waals surface area (Å²) >= 11 is 0. The zero-order chi connectivity index (χ0) is 18.7. The Labute approximate surface area is 141 Å². The molecule has 0 bridgehead atoms. The van der Waals surface area contributed by atoms with Gasteiger partial charge in [0.1, 0.15) is 5.83 Å². The molecular weight excluding hydrogens is 289 g/mol. The van der Waals surface area contributed by atoms with Gasteiger partial charge in [-0.2, -0.15) is 0 Å². The predicted octanol–water partition coefficient (Wildman–Crippen LogP) is 6.10. The Kier molecular flexibility index (Phi) is 22.5. The van der Waals surface area contributed by atoms with Gasteiger partial charge in [-0.3, -0.25) is 4.99 Å². The molecule has 0 aliphatic rings. The highest BCUT2D eigenvalue weighted by Crippen LogP contribution is 2.11. The van der Waals surface area contributed by atoms with Gasteiger partial charge in [-0.05, 0) is 36.3 Å². The lowest BCUT2D eigenvalue weighted by atomic mass is 10.1. The van der Waals surface area contributed by atoms with Crippen molar-refractivity contribution in [3.05, 3.63) is 73.3 Å². The van der Waals surface area contributed by atoms with E-state index in [4.69, 9.17) is 5.11 Å². The van der Waals surface area contributed by atoms with Crippen LogP contribution in [0.2, 0.25) is 0 Å². The van der Waals surface area contributed by atoms with Crippen molar-refractivity contribution in [3.8, 4) is 0 Å². The lowest BCUT2D eigenvalue weighted by Crippen LogP contribution is -1.95. The van der Waals surface area contributed by atoms with Gasteiger partial charge in [0.05, 0.1) is 6.61 Å². The van der Waals surface area contributed by atoms with E-state index in [0.717, 1.165) is 11.6 Å². The first-order valence-electron chi connectivity index (χ1n) is 7.84. The molecule has 0 saturated heterocycles. The third-order valence-corrected chi connectivity index (χ3v) is 2.17. The highest BCUT2D eigenvalue weighted by molar-refractivity contribution is 5.96. The van der Waals surface area contributed by atoms with Gasteiger partial charge >= 0.3 is 0 Å². The standard InChI is InChI=1S/C16H20FNO.2C2H6/c1-5-8-14(9-15(17)6-2)10-16(7-3)18-11-13(4)12-19;2*1-2/h5-9,11,19H,1-3,10,12H2,4H3;2*1-2H3/b13-11+,14-8+,15-9+,18-16?;;. The van der Waals surface area contributed by atoms with Crippen molar-refractivity contribution in [1.29, 1.82) is 0 Å². The first kappa shape index (κ1) is 25.9. The van der Waals surface area contributed by atoms with E-state index in [1.54, 1.807) is 31.4 Å². The highest BCUT2D eigenvalue weighted by Gasteiger charge is 1.99. The van der Waals surface area contributed by atoms with Crippen molar-refractivity contribution in [2.24, 2.45) is 4.99 Å². The number of aliphatic hydroxyl groups excluding tert-OH is 1. The van der Waals surface area contributed by atoms with E-state index < -0.39 is 5.83 Å². The van der Waals surface area contributed by atoms with E-state index in [9.17, 15) is 4.39 Å². The summed E-state index contributed by atoms with van der Waals surface area (Å²) in [6.45, 7) is 20.3. The van der Waals surface area contributed by atoms with Crippen molar-refractivity contribution in [3.63, 3.8) is 0 Å². The molecule has 0 heterocycles. The highest BCUT2D eigenvalue weighted by atomic mass is 19.1. The maximum Gasteiger partial charge on any atom is 0.122 e. The maximum atomic E-state index is 13.2. The third-order valence-electron chi connectivity index (χ3n) is 2.17. The fraction of sp³-hybridized carbons (Fsp3) is 0.350. The van der Waals surface area contributed by atoms with Gasteiger partial charge in [-0.25, -0.2) is 4.39 Å². The summed E-state index contributed by atoms with van der Waals surface area (Å²) in [5.41, 5.74) is 2.12. The monoisotopic (exact) mass is 321 g/mol. The number of hydrogen-bond donors (Lipinski definition) is 1. The van der Waals surface area contributed by atoms with Crippen molar-refractivity contribution in [1.82, 2.24) is 0 Å². The molecule has 0 amide bonds. The second-order valence-corrected chi connectivity index (χ2v) is 3.85. The molecule has 0 aliphatic heterocycles. The Hall–Kier alpha value is -2.00. The SMILES string of the molecule is C=C/C=C(\C=C(\F)C=C)CC(C=C)=N/C=C(\C)CO.CC.CC. The van der Waals surface area contributed by atoms with E-state index in [-0.39, 0.29) is 6.61 Å². The van der Waals surface area contributed by atoms with Gasteiger partial charge in [0.15, 0.2) is 0 Å². The first-order valence-corrected chi connectivity index (χ1v) is 7.84. The van der Waals surface area contributed by atoms with Crippen LogP contribution in [0.15, 0.2) is 78.3 Å². The number of nitrogens with zero attached hydrogens (tertiary/aromatic N) is 1. The molecule has 0 rings (SSSR count). The predicted molar refractivity (Wildman–Crippen MR) is 103 cm³/mol. The minimum absolute atomic E-state index is 0.0473. The van der Waals surface area contributed by atoms with E-state index in [2.05, 4.69) is 24.7 Å². The number of aliphatic imine (C=N–C) groups is 1. The second-order valence-electron chi connectivity index (χ2n) is 3.85. The number of hydrogen-bond acceptors (Lipinski definition) is 2. The van der Waals surface area contributed by atoms with Crippen molar-refractivity contribution < 1.29 is 9.50 Å².